The molecule has 1 heterocycles. The highest BCUT2D eigenvalue weighted by atomic mass is 79.9. The van der Waals surface area contributed by atoms with Gasteiger partial charge in [0.1, 0.15) is 0 Å². The topological polar surface area (TPSA) is 12.0 Å². The van der Waals surface area contributed by atoms with Crippen LogP contribution in [0.5, 0.6) is 0 Å². The Morgan fingerprint density at radius 3 is 3.08 bits per heavy atom. The van der Waals surface area contributed by atoms with Gasteiger partial charge in [0.2, 0.25) is 0 Å². The van der Waals surface area contributed by atoms with Crippen LogP contribution in [0.25, 0.3) is 0 Å². The molecule has 0 aromatic heterocycles. The number of anilines is 1. The highest BCUT2D eigenvalue weighted by Crippen LogP contribution is 2.40. The van der Waals surface area contributed by atoms with Gasteiger partial charge in [-0.25, -0.2) is 0 Å². The van der Waals surface area contributed by atoms with E-state index >= 15 is 0 Å². The number of rotatable bonds is 0. The summed E-state index contributed by atoms with van der Waals surface area (Å²) in [5, 5.41) is 4.16. The summed E-state index contributed by atoms with van der Waals surface area (Å²) in [6.45, 7) is 3.06. The van der Waals surface area contributed by atoms with Crippen molar-refractivity contribution in [3.05, 3.63) is 28.3 Å². The molecule has 0 fully saturated rings. The number of halogens is 2. The molecular weight excluding hydrogens is 249 g/mol. The molecule has 1 N–H and O–H groups in total. The summed E-state index contributed by atoms with van der Waals surface area (Å²) in [5.41, 5.74) is 3.61. The maximum atomic E-state index is 6.13. The third-order valence-electron chi connectivity index (χ3n) is 2.30. The lowest BCUT2D eigenvalue weighted by Crippen LogP contribution is -2.14. The van der Waals surface area contributed by atoms with Gasteiger partial charge in [0, 0.05) is 11.4 Å². The summed E-state index contributed by atoms with van der Waals surface area (Å²) in [7, 11) is 0. The van der Waals surface area contributed by atoms with E-state index < -0.39 is 0 Å². The first-order valence-corrected chi connectivity index (χ1v) is 5.66. The third-order valence-corrected chi connectivity index (χ3v) is 3.55. The van der Waals surface area contributed by atoms with Crippen LogP contribution in [0.4, 0.5) is 5.69 Å². The molecule has 1 aliphatic heterocycles. The van der Waals surface area contributed by atoms with Crippen LogP contribution < -0.4 is 5.32 Å². The maximum Gasteiger partial charge on any atom is 0.0643 e. The van der Waals surface area contributed by atoms with Gasteiger partial charge in [-0.3, -0.25) is 0 Å². The average Bonchev–Trinajstić information content (AvgIpc) is 2.07. The number of fused-ring (bicyclic) bond motifs is 1. The van der Waals surface area contributed by atoms with Crippen molar-refractivity contribution in [2.24, 2.45) is 0 Å². The van der Waals surface area contributed by atoms with Crippen LogP contribution in [-0.2, 0) is 0 Å². The van der Waals surface area contributed by atoms with Crippen LogP contribution >= 0.6 is 27.5 Å². The van der Waals surface area contributed by atoms with Gasteiger partial charge in [-0.15, -0.1) is 0 Å². The van der Waals surface area contributed by atoms with Gasteiger partial charge < -0.3 is 5.32 Å². The van der Waals surface area contributed by atoms with E-state index in [1.165, 1.54) is 11.1 Å². The highest BCUT2D eigenvalue weighted by Gasteiger charge is 2.19. The zero-order chi connectivity index (χ0) is 9.42. The molecule has 0 amide bonds. The molecule has 0 aliphatic carbocycles. The fourth-order valence-electron chi connectivity index (χ4n) is 1.68. The molecule has 1 aromatic rings. The average molecular weight is 261 g/mol. The first-order valence-electron chi connectivity index (χ1n) is 4.36. The van der Waals surface area contributed by atoms with Crippen molar-refractivity contribution in [1.82, 2.24) is 0 Å². The van der Waals surface area contributed by atoms with E-state index in [1.807, 2.05) is 6.07 Å². The molecule has 1 unspecified atom stereocenters. The SMILES string of the molecule is Cc1cc(Cl)c2c(c1)C(Br)CCN2. The second-order valence-corrected chi connectivity index (χ2v) is 4.91. The molecule has 0 saturated carbocycles. The highest BCUT2D eigenvalue weighted by molar-refractivity contribution is 9.09. The van der Waals surface area contributed by atoms with Crippen LogP contribution in [0.1, 0.15) is 22.4 Å². The summed E-state index contributed by atoms with van der Waals surface area (Å²) in [6.07, 6.45) is 1.12. The van der Waals surface area contributed by atoms with Crippen molar-refractivity contribution in [2.75, 3.05) is 11.9 Å². The summed E-state index contributed by atoms with van der Waals surface area (Å²) >= 11 is 9.79. The number of nitrogens with one attached hydrogen (secondary N) is 1. The zero-order valence-electron chi connectivity index (χ0n) is 7.40. The summed E-state index contributed by atoms with van der Waals surface area (Å²) in [5.74, 6) is 0. The second-order valence-electron chi connectivity index (χ2n) is 3.39. The molecule has 1 nitrogen and oxygen atoms in total. The molecule has 0 saturated heterocycles. The Labute approximate surface area is 91.6 Å². The number of aryl methyl sites for hydroxylation is 1. The molecule has 70 valence electrons. The Morgan fingerprint density at radius 2 is 2.31 bits per heavy atom. The lowest BCUT2D eigenvalue weighted by atomic mass is 10.0. The molecular formula is C10H11BrClN. The second kappa shape index (κ2) is 3.50. The minimum atomic E-state index is 0.446. The molecule has 3 heteroatoms. The van der Waals surface area contributed by atoms with Crippen LogP contribution in [-0.4, -0.2) is 6.54 Å². The Balaban J connectivity index is 2.56. The van der Waals surface area contributed by atoms with Gasteiger partial charge >= 0.3 is 0 Å². The first-order chi connectivity index (χ1) is 6.18. The summed E-state index contributed by atoms with van der Waals surface area (Å²) in [4.78, 5) is 0.446. The van der Waals surface area contributed by atoms with Crippen LogP contribution in [0.3, 0.4) is 0 Å². The predicted molar refractivity (Wildman–Crippen MR) is 61.0 cm³/mol. The molecule has 1 aliphatic rings. The largest absolute Gasteiger partial charge is 0.384 e. The maximum absolute atomic E-state index is 6.13. The summed E-state index contributed by atoms with van der Waals surface area (Å²) < 4.78 is 0. The van der Waals surface area contributed by atoms with Crippen molar-refractivity contribution in [3.8, 4) is 0 Å². The van der Waals surface area contributed by atoms with E-state index in [4.69, 9.17) is 11.6 Å². The van der Waals surface area contributed by atoms with Gasteiger partial charge in [0.25, 0.3) is 0 Å². The van der Waals surface area contributed by atoms with Crippen molar-refractivity contribution in [1.29, 1.82) is 0 Å². The van der Waals surface area contributed by atoms with Gasteiger partial charge in [0.05, 0.1) is 10.7 Å². The normalized spacial score (nSPS) is 20.7. The van der Waals surface area contributed by atoms with Gasteiger partial charge in [-0.05, 0) is 30.5 Å². The Morgan fingerprint density at radius 1 is 1.54 bits per heavy atom. The van der Waals surface area contributed by atoms with E-state index in [2.05, 4.69) is 34.2 Å². The molecule has 0 spiro atoms. The van der Waals surface area contributed by atoms with E-state index in [1.54, 1.807) is 0 Å². The van der Waals surface area contributed by atoms with E-state index in [0.29, 0.717) is 4.83 Å². The number of benzene rings is 1. The minimum absolute atomic E-state index is 0.446. The Bertz CT molecular complexity index is 338. The molecule has 0 radical (unpaired) electrons. The van der Waals surface area contributed by atoms with Crippen molar-refractivity contribution < 1.29 is 0 Å². The Kier molecular flexibility index (Phi) is 2.52. The molecule has 1 atom stereocenters. The number of hydrogen-bond acceptors (Lipinski definition) is 1. The fraction of sp³-hybridized carbons (Fsp3) is 0.400. The van der Waals surface area contributed by atoms with E-state index in [-0.39, 0.29) is 0 Å². The lowest BCUT2D eigenvalue weighted by molar-refractivity contribution is 0.821. The van der Waals surface area contributed by atoms with Crippen LogP contribution in [0.15, 0.2) is 12.1 Å². The van der Waals surface area contributed by atoms with Crippen molar-refractivity contribution >= 4 is 33.2 Å². The lowest BCUT2D eigenvalue weighted by Gasteiger charge is -2.24. The van der Waals surface area contributed by atoms with E-state index in [0.717, 1.165) is 23.7 Å². The Hall–Kier alpha value is -0.210. The van der Waals surface area contributed by atoms with Gasteiger partial charge in [-0.2, -0.15) is 0 Å². The third kappa shape index (κ3) is 1.70. The van der Waals surface area contributed by atoms with Gasteiger partial charge in [0.15, 0.2) is 0 Å². The fourth-order valence-corrected chi connectivity index (χ4v) is 2.62. The standard InChI is InChI=1S/C10H11BrClN/c1-6-4-7-8(11)2-3-13-10(7)9(12)5-6/h4-5,8,13H,2-3H2,1H3. The predicted octanol–water partition coefficient (Wildman–Crippen LogP) is 3.90. The molecule has 2 rings (SSSR count). The minimum Gasteiger partial charge on any atom is -0.384 e. The van der Waals surface area contributed by atoms with Crippen molar-refractivity contribution in [2.45, 2.75) is 18.2 Å². The van der Waals surface area contributed by atoms with Crippen molar-refractivity contribution in [3.63, 3.8) is 0 Å². The van der Waals surface area contributed by atoms with E-state index in [9.17, 15) is 0 Å². The quantitative estimate of drug-likeness (QED) is 0.698. The first kappa shape index (κ1) is 9.35. The molecule has 13 heavy (non-hydrogen) atoms. The molecule has 0 bridgehead atoms. The summed E-state index contributed by atoms with van der Waals surface area (Å²) in [6, 6.07) is 4.19. The van der Waals surface area contributed by atoms with Crippen LogP contribution in [0.2, 0.25) is 5.02 Å². The number of alkyl halides is 1. The molecule has 1 aromatic carbocycles. The number of hydrogen-bond donors (Lipinski definition) is 1. The zero-order valence-corrected chi connectivity index (χ0v) is 9.74. The smallest absolute Gasteiger partial charge is 0.0643 e. The monoisotopic (exact) mass is 259 g/mol. The van der Waals surface area contributed by atoms with Gasteiger partial charge in [-0.1, -0.05) is 33.6 Å². The van der Waals surface area contributed by atoms with Crippen LogP contribution in [0, 0.1) is 6.92 Å².